The summed E-state index contributed by atoms with van der Waals surface area (Å²) in [5.41, 5.74) is 7.15. The molecule has 1 saturated heterocycles. The Morgan fingerprint density at radius 2 is 1.50 bits per heavy atom. The summed E-state index contributed by atoms with van der Waals surface area (Å²) in [5.74, 6) is -0.659. The fraction of sp³-hybridized carbons (Fsp3) is 0.300. The van der Waals surface area contributed by atoms with Gasteiger partial charge in [0.15, 0.2) is 0 Å². The van der Waals surface area contributed by atoms with E-state index in [-0.39, 0.29) is 17.2 Å². The van der Waals surface area contributed by atoms with E-state index in [0.717, 1.165) is 5.56 Å². The van der Waals surface area contributed by atoms with Gasteiger partial charge in [0.1, 0.15) is 5.75 Å². The number of carbonyl (C=O) groups excluding carboxylic acids is 2. The molecule has 0 unspecified atom stereocenters. The highest BCUT2D eigenvalue weighted by atomic mass is 19.3. The molecule has 2 N–H and O–H groups in total. The van der Waals surface area contributed by atoms with Crippen LogP contribution in [0.4, 0.5) is 8.78 Å². The zero-order chi connectivity index (χ0) is 20.1. The Balaban J connectivity index is 1.63. The number of hydrogen-bond acceptors (Lipinski definition) is 4. The predicted octanol–water partition coefficient (Wildman–Crippen LogP) is 2.34. The molecule has 1 aliphatic rings. The molecule has 1 fully saturated rings. The van der Waals surface area contributed by atoms with Crippen molar-refractivity contribution in [1.82, 2.24) is 9.80 Å². The van der Waals surface area contributed by atoms with Gasteiger partial charge in [-0.2, -0.15) is 8.78 Å². The highest BCUT2D eigenvalue weighted by Gasteiger charge is 2.27. The number of halogens is 2. The average molecular weight is 389 g/mol. The van der Waals surface area contributed by atoms with Crippen molar-refractivity contribution >= 4 is 11.8 Å². The van der Waals surface area contributed by atoms with Crippen LogP contribution in [0.3, 0.4) is 0 Å². The molecule has 28 heavy (non-hydrogen) atoms. The average Bonchev–Trinajstić information content (AvgIpc) is 2.73. The number of rotatable bonds is 5. The summed E-state index contributed by atoms with van der Waals surface area (Å²) in [4.78, 5) is 28.5. The summed E-state index contributed by atoms with van der Waals surface area (Å²) in [6, 6.07) is 13.0. The molecule has 0 aliphatic carbocycles. The Morgan fingerprint density at radius 1 is 0.929 bits per heavy atom. The lowest BCUT2D eigenvalue weighted by Crippen LogP contribution is -2.50. The van der Waals surface area contributed by atoms with Crippen LogP contribution in [0.5, 0.6) is 5.75 Å². The van der Waals surface area contributed by atoms with E-state index < -0.39 is 12.5 Å². The van der Waals surface area contributed by atoms with Gasteiger partial charge in [-0.3, -0.25) is 9.59 Å². The highest BCUT2D eigenvalue weighted by Crippen LogP contribution is 2.22. The zero-order valence-electron chi connectivity index (χ0n) is 15.2. The summed E-state index contributed by atoms with van der Waals surface area (Å²) >= 11 is 0. The molecule has 1 heterocycles. The lowest BCUT2D eigenvalue weighted by molar-refractivity contribution is -0.0503. The first-order valence-corrected chi connectivity index (χ1v) is 8.91. The maximum atomic E-state index is 12.7. The van der Waals surface area contributed by atoms with E-state index in [1.807, 2.05) is 12.1 Å². The lowest BCUT2D eigenvalue weighted by Gasteiger charge is -2.35. The number of benzene rings is 2. The number of ether oxygens (including phenoxy) is 1. The fourth-order valence-corrected chi connectivity index (χ4v) is 3.09. The van der Waals surface area contributed by atoms with Crippen LogP contribution in [0, 0.1) is 0 Å². The molecule has 0 radical (unpaired) electrons. The van der Waals surface area contributed by atoms with Crippen LogP contribution in [0.2, 0.25) is 0 Å². The van der Waals surface area contributed by atoms with Gasteiger partial charge in [-0.15, -0.1) is 0 Å². The molecule has 0 spiro atoms. The molecule has 2 amide bonds. The molecular formula is C20H21F2N3O3. The van der Waals surface area contributed by atoms with Crippen LogP contribution in [-0.4, -0.2) is 54.4 Å². The Labute approximate surface area is 161 Å². The monoisotopic (exact) mass is 389 g/mol. The second-order valence-corrected chi connectivity index (χ2v) is 6.36. The smallest absolute Gasteiger partial charge is 0.387 e. The molecule has 2 aromatic carbocycles. The van der Waals surface area contributed by atoms with Crippen molar-refractivity contribution in [2.45, 2.75) is 13.2 Å². The number of carbonyl (C=O) groups is 2. The standard InChI is InChI=1S/C20H21F2N3O3/c21-20(22)28-17-4-2-1-3-16(17)19(27)25-11-9-24(10-12-25)18(26)15-7-5-14(13-23)6-8-15/h1-8,20H,9-13,23H2. The Kier molecular flexibility index (Phi) is 6.20. The third-order valence-corrected chi connectivity index (χ3v) is 4.62. The van der Waals surface area contributed by atoms with E-state index in [1.165, 1.54) is 23.1 Å². The van der Waals surface area contributed by atoms with E-state index >= 15 is 0 Å². The molecular weight excluding hydrogens is 368 g/mol. The van der Waals surface area contributed by atoms with Crippen molar-refractivity contribution in [1.29, 1.82) is 0 Å². The third-order valence-electron chi connectivity index (χ3n) is 4.62. The van der Waals surface area contributed by atoms with Crippen LogP contribution in [0.25, 0.3) is 0 Å². The van der Waals surface area contributed by atoms with Crippen molar-refractivity contribution in [3.8, 4) is 5.75 Å². The topological polar surface area (TPSA) is 75.9 Å². The number of alkyl halides is 2. The zero-order valence-corrected chi connectivity index (χ0v) is 15.2. The molecule has 148 valence electrons. The molecule has 0 aromatic heterocycles. The van der Waals surface area contributed by atoms with Crippen LogP contribution in [0.15, 0.2) is 48.5 Å². The van der Waals surface area contributed by atoms with Crippen molar-refractivity contribution in [3.63, 3.8) is 0 Å². The van der Waals surface area contributed by atoms with E-state index in [2.05, 4.69) is 4.74 Å². The molecule has 3 rings (SSSR count). The number of para-hydroxylation sites is 1. The summed E-state index contributed by atoms with van der Waals surface area (Å²) in [5, 5.41) is 0. The Hall–Kier alpha value is -3.00. The quantitative estimate of drug-likeness (QED) is 0.852. The van der Waals surface area contributed by atoms with E-state index in [0.29, 0.717) is 38.3 Å². The first kappa shape index (κ1) is 19.8. The molecule has 2 aromatic rings. The lowest BCUT2D eigenvalue weighted by atomic mass is 10.1. The maximum absolute atomic E-state index is 12.7. The van der Waals surface area contributed by atoms with Gasteiger partial charge < -0.3 is 20.3 Å². The molecule has 0 saturated carbocycles. The van der Waals surface area contributed by atoms with Crippen LogP contribution < -0.4 is 10.5 Å². The predicted molar refractivity (Wildman–Crippen MR) is 99.2 cm³/mol. The summed E-state index contributed by atoms with van der Waals surface area (Å²) in [7, 11) is 0. The number of hydrogen-bond donors (Lipinski definition) is 1. The van der Waals surface area contributed by atoms with Crippen molar-refractivity contribution < 1.29 is 23.1 Å². The summed E-state index contributed by atoms with van der Waals surface area (Å²) in [6.45, 7) is -1.24. The van der Waals surface area contributed by atoms with E-state index in [9.17, 15) is 18.4 Å². The summed E-state index contributed by atoms with van der Waals surface area (Å²) < 4.78 is 29.6. The van der Waals surface area contributed by atoms with Crippen LogP contribution >= 0.6 is 0 Å². The van der Waals surface area contributed by atoms with Gasteiger partial charge in [0.25, 0.3) is 11.8 Å². The normalized spacial score (nSPS) is 14.3. The number of piperazine rings is 1. The SMILES string of the molecule is NCc1ccc(C(=O)N2CCN(C(=O)c3ccccc3OC(F)F)CC2)cc1. The van der Waals surface area contributed by atoms with Gasteiger partial charge >= 0.3 is 6.61 Å². The largest absolute Gasteiger partial charge is 0.434 e. The van der Waals surface area contributed by atoms with E-state index in [1.54, 1.807) is 23.1 Å². The Bertz CT molecular complexity index is 835. The maximum Gasteiger partial charge on any atom is 0.387 e. The van der Waals surface area contributed by atoms with Gasteiger partial charge in [-0.25, -0.2) is 0 Å². The molecule has 0 atom stereocenters. The van der Waals surface area contributed by atoms with Crippen LogP contribution in [-0.2, 0) is 6.54 Å². The fourth-order valence-electron chi connectivity index (χ4n) is 3.09. The highest BCUT2D eigenvalue weighted by molar-refractivity contribution is 5.97. The van der Waals surface area contributed by atoms with Gasteiger partial charge in [0, 0.05) is 38.3 Å². The molecule has 6 nitrogen and oxygen atoms in total. The van der Waals surface area contributed by atoms with Crippen LogP contribution in [0.1, 0.15) is 26.3 Å². The first-order valence-electron chi connectivity index (χ1n) is 8.91. The Morgan fingerprint density at radius 3 is 2.07 bits per heavy atom. The second-order valence-electron chi connectivity index (χ2n) is 6.36. The summed E-state index contributed by atoms with van der Waals surface area (Å²) in [6.07, 6.45) is 0. The van der Waals surface area contributed by atoms with Crippen molar-refractivity contribution in [3.05, 3.63) is 65.2 Å². The van der Waals surface area contributed by atoms with Crippen molar-refractivity contribution in [2.24, 2.45) is 5.73 Å². The first-order chi connectivity index (χ1) is 13.5. The third kappa shape index (κ3) is 4.45. The van der Waals surface area contributed by atoms with Crippen molar-refractivity contribution in [2.75, 3.05) is 26.2 Å². The molecule has 1 aliphatic heterocycles. The molecule has 8 heteroatoms. The minimum atomic E-state index is -3.01. The number of nitrogens with two attached hydrogens (primary N) is 1. The van der Waals surface area contributed by atoms with Gasteiger partial charge in [-0.05, 0) is 29.8 Å². The van der Waals surface area contributed by atoms with Gasteiger partial charge in [-0.1, -0.05) is 24.3 Å². The minimum absolute atomic E-state index is 0.0833. The second kappa shape index (κ2) is 8.79. The van der Waals surface area contributed by atoms with Gasteiger partial charge in [0.05, 0.1) is 5.56 Å². The number of amides is 2. The molecule has 0 bridgehead atoms. The van der Waals surface area contributed by atoms with Gasteiger partial charge in [0.2, 0.25) is 0 Å². The minimum Gasteiger partial charge on any atom is -0.434 e. The van der Waals surface area contributed by atoms with E-state index in [4.69, 9.17) is 5.73 Å². The number of nitrogens with zero attached hydrogens (tertiary/aromatic N) is 2.